The van der Waals surface area contributed by atoms with E-state index in [2.05, 4.69) is 47.1 Å². The second-order valence-electron chi connectivity index (χ2n) is 3.31. The van der Waals surface area contributed by atoms with Gasteiger partial charge in [-0.05, 0) is 45.7 Å². The second-order valence-corrected chi connectivity index (χ2v) is 5.41. The highest BCUT2D eigenvalue weighted by molar-refractivity contribution is 9.10. The van der Waals surface area contributed by atoms with Gasteiger partial charge in [-0.15, -0.1) is 0 Å². The van der Waals surface area contributed by atoms with Gasteiger partial charge in [0, 0.05) is 10.7 Å². The van der Waals surface area contributed by atoms with Crippen molar-refractivity contribution in [3.63, 3.8) is 0 Å². The molecule has 0 amide bonds. The second kappa shape index (κ2) is 5.86. The van der Waals surface area contributed by atoms with Crippen molar-refractivity contribution in [2.24, 2.45) is 0 Å². The lowest BCUT2D eigenvalue weighted by molar-refractivity contribution is 0.416. The monoisotopic (exact) mass is 391 g/mol. The van der Waals surface area contributed by atoms with E-state index in [1.54, 1.807) is 13.3 Å². The van der Waals surface area contributed by atoms with Crippen LogP contribution in [0.25, 0.3) is 0 Å². The minimum Gasteiger partial charge on any atom is -0.495 e. The first kappa shape index (κ1) is 13.6. The number of rotatable bonds is 3. The van der Waals surface area contributed by atoms with Crippen LogP contribution in [0.4, 0.5) is 11.5 Å². The minimum absolute atomic E-state index is 0.176. The molecule has 1 N–H and O–H groups in total. The maximum Gasteiger partial charge on any atom is 0.224 e. The average molecular weight is 393 g/mol. The van der Waals surface area contributed by atoms with Gasteiger partial charge in [0.25, 0.3) is 0 Å². The summed E-state index contributed by atoms with van der Waals surface area (Å²) in [6.45, 7) is 0. The lowest BCUT2D eigenvalue weighted by Gasteiger charge is -2.12. The van der Waals surface area contributed by atoms with Crippen molar-refractivity contribution in [2.45, 2.75) is 0 Å². The van der Waals surface area contributed by atoms with Crippen LogP contribution in [-0.2, 0) is 0 Å². The molecule has 94 valence electrons. The zero-order valence-corrected chi connectivity index (χ0v) is 13.2. The normalized spacial score (nSPS) is 10.2. The molecule has 1 aromatic heterocycles. The molecule has 2 rings (SSSR count). The van der Waals surface area contributed by atoms with Crippen LogP contribution < -0.4 is 10.1 Å². The van der Waals surface area contributed by atoms with E-state index in [-0.39, 0.29) is 5.28 Å². The largest absolute Gasteiger partial charge is 0.495 e. The van der Waals surface area contributed by atoms with Gasteiger partial charge in [-0.3, -0.25) is 0 Å². The molecule has 18 heavy (non-hydrogen) atoms. The highest BCUT2D eigenvalue weighted by atomic mass is 79.9. The number of nitrogens with one attached hydrogen (secondary N) is 1. The van der Waals surface area contributed by atoms with Crippen molar-refractivity contribution >= 4 is 55.0 Å². The van der Waals surface area contributed by atoms with Crippen molar-refractivity contribution in [1.29, 1.82) is 0 Å². The topological polar surface area (TPSA) is 47.0 Å². The molecule has 0 saturated heterocycles. The summed E-state index contributed by atoms with van der Waals surface area (Å²) in [4.78, 5) is 7.97. The predicted molar refractivity (Wildman–Crippen MR) is 78.7 cm³/mol. The van der Waals surface area contributed by atoms with Gasteiger partial charge in [0.15, 0.2) is 0 Å². The predicted octanol–water partition coefficient (Wildman–Crippen LogP) is 4.41. The van der Waals surface area contributed by atoms with E-state index in [9.17, 15) is 0 Å². The standard InChI is InChI=1S/C11H8Br2ClN3O/c1-18-9-3-2-6(12)4-8(9)16-10-7(13)5-15-11(14)17-10/h2-5H,1H3,(H,15,16,17). The molecule has 0 aliphatic rings. The molecule has 0 bridgehead atoms. The van der Waals surface area contributed by atoms with Gasteiger partial charge < -0.3 is 10.1 Å². The van der Waals surface area contributed by atoms with E-state index >= 15 is 0 Å². The molecule has 0 aliphatic heterocycles. The van der Waals surface area contributed by atoms with Crippen LogP contribution in [0.1, 0.15) is 0 Å². The highest BCUT2D eigenvalue weighted by Gasteiger charge is 2.08. The smallest absolute Gasteiger partial charge is 0.224 e. The van der Waals surface area contributed by atoms with E-state index in [1.165, 1.54) is 0 Å². The van der Waals surface area contributed by atoms with Crippen LogP contribution in [0.15, 0.2) is 33.3 Å². The number of methoxy groups -OCH3 is 1. The number of ether oxygens (including phenoxy) is 1. The molecule has 0 aliphatic carbocycles. The molecule has 2 aromatic rings. The summed E-state index contributed by atoms with van der Waals surface area (Å²) in [7, 11) is 1.61. The Morgan fingerprint density at radius 3 is 2.83 bits per heavy atom. The first-order valence-electron chi connectivity index (χ1n) is 4.89. The summed E-state index contributed by atoms with van der Waals surface area (Å²) in [6.07, 6.45) is 1.59. The number of benzene rings is 1. The van der Waals surface area contributed by atoms with Gasteiger partial charge in [0.1, 0.15) is 11.6 Å². The SMILES string of the molecule is COc1ccc(Br)cc1Nc1nc(Cl)ncc1Br. The minimum atomic E-state index is 0.176. The Balaban J connectivity index is 2.38. The quantitative estimate of drug-likeness (QED) is 0.785. The molecule has 0 saturated carbocycles. The van der Waals surface area contributed by atoms with Gasteiger partial charge in [-0.2, -0.15) is 4.98 Å². The van der Waals surface area contributed by atoms with E-state index in [1.807, 2.05) is 18.2 Å². The Kier molecular flexibility index (Phi) is 4.42. The molecule has 0 spiro atoms. The fourth-order valence-electron chi connectivity index (χ4n) is 1.34. The summed E-state index contributed by atoms with van der Waals surface area (Å²) in [6, 6.07) is 5.64. The van der Waals surface area contributed by atoms with E-state index in [0.29, 0.717) is 16.0 Å². The fraction of sp³-hybridized carbons (Fsp3) is 0.0909. The van der Waals surface area contributed by atoms with Crippen molar-refractivity contribution < 1.29 is 4.74 Å². The van der Waals surface area contributed by atoms with E-state index < -0.39 is 0 Å². The maximum atomic E-state index is 5.76. The van der Waals surface area contributed by atoms with Gasteiger partial charge in [-0.1, -0.05) is 15.9 Å². The summed E-state index contributed by atoms with van der Waals surface area (Å²) in [5, 5.41) is 3.31. The summed E-state index contributed by atoms with van der Waals surface area (Å²) >= 11 is 12.5. The van der Waals surface area contributed by atoms with Gasteiger partial charge >= 0.3 is 0 Å². The van der Waals surface area contributed by atoms with Gasteiger partial charge in [0.2, 0.25) is 5.28 Å². The van der Waals surface area contributed by atoms with Crippen LogP contribution in [0.3, 0.4) is 0 Å². The molecule has 4 nitrogen and oxygen atoms in total. The Morgan fingerprint density at radius 2 is 2.11 bits per heavy atom. The third-order valence-corrected chi connectivity index (χ3v) is 3.38. The fourth-order valence-corrected chi connectivity index (χ4v) is 2.12. The molecular formula is C11H8Br2ClN3O. The van der Waals surface area contributed by atoms with Gasteiger partial charge in [0.05, 0.1) is 17.3 Å². The van der Waals surface area contributed by atoms with Crippen LogP contribution in [0.2, 0.25) is 5.28 Å². The Labute approximate surface area is 126 Å². The Morgan fingerprint density at radius 1 is 1.33 bits per heavy atom. The number of halogens is 3. The maximum absolute atomic E-state index is 5.76. The third-order valence-electron chi connectivity index (χ3n) is 2.13. The molecule has 0 fully saturated rings. The number of aromatic nitrogens is 2. The first-order chi connectivity index (χ1) is 8.60. The highest BCUT2D eigenvalue weighted by Crippen LogP contribution is 2.32. The molecule has 0 unspecified atom stereocenters. The average Bonchev–Trinajstić information content (AvgIpc) is 2.34. The van der Waals surface area contributed by atoms with Crippen LogP contribution >= 0.6 is 43.5 Å². The number of anilines is 2. The summed E-state index contributed by atoms with van der Waals surface area (Å²) in [5.41, 5.74) is 0.780. The molecular weight excluding hydrogens is 385 g/mol. The van der Waals surface area contributed by atoms with Gasteiger partial charge in [-0.25, -0.2) is 4.98 Å². The van der Waals surface area contributed by atoms with Crippen molar-refractivity contribution in [3.05, 3.63) is 38.6 Å². The molecule has 0 radical (unpaired) electrons. The first-order valence-corrected chi connectivity index (χ1v) is 6.85. The van der Waals surface area contributed by atoms with Crippen molar-refractivity contribution in [3.8, 4) is 5.75 Å². The van der Waals surface area contributed by atoms with Crippen LogP contribution in [-0.4, -0.2) is 17.1 Å². The van der Waals surface area contributed by atoms with E-state index in [0.717, 1.165) is 10.2 Å². The third kappa shape index (κ3) is 3.13. The zero-order chi connectivity index (χ0) is 13.1. The van der Waals surface area contributed by atoms with Crippen molar-refractivity contribution in [2.75, 3.05) is 12.4 Å². The molecule has 1 heterocycles. The lowest BCUT2D eigenvalue weighted by atomic mass is 10.3. The number of nitrogens with zero attached hydrogens (tertiary/aromatic N) is 2. The lowest BCUT2D eigenvalue weighted by Crippen LogP contribution is -1.98. The number of hydrogen-bond acceptors (Lipinski definition) is 4. The van der Waals surface area contributed by atoms with Crippen LogP contribution in [0.5, 0.6) is 5.75 Å². The van der Waals surface area contributed by atoms with Crippen molar-refractivity contribution in [1.82, 2.24) is 9.97 Å². The Hall–Kier alpha value is -0.850. The molecule has 1 aromatic carbocycles. The Bertz CT molecular complexity index is 580. The van der Waals surface area contributed by atoms with E-state index in [4.69, 9.17) is 16.3 Å². The zero-order valence-electron chi connectivity index (χ0n) is 9.25. The molecule has 7 heteroatoms. The van der Waals surface area contributed by atoms with Crippen LogP contribution in [0, 0.1) is 0 Å². The summed E-state index contributed by atoms with van der Waals surface area (Å²) < 4.78 is 6.92. The number of hydrogen-bond donors (Lipinski definition) is 1. The molecule has 0 atom stereocenters. The summed E-state index contributed by atoms with van der Waals surface area (Å²) in [5.74, 6) is 1.28.